The molecule has 0 aliphatic rings. The van der Waals surface area contributed by atoms with Gasteiger partial charge in [-0.05, 0) is 6.92 Å². The number of aromatic nitrogens is 2. The molecule has 0 saturated carbocycles. The van der Waals surface area contributed by atoms with Crippen LogP contribution in [-0.4, -0.2) is 9.97 Å². The zero-order valence-corrected chi connectivity index (χ0v) is 4.64. The van der Waals surface area contributed by atoms with Gasteiger partial charge in [-0.25, -0.2) is 10.1 Å². The average Bonchev–Trinajstić information content (AvgIpc) is 2.14. The standard InChI is InChI=1S/C5H7N2O/c1-4-5(2-8)7-3-6-4/h3H,2H2,1H3,(H,6,7). The number of hydrogen-bond acceptors (Lipinski definition) is 1. The fraction of sp³-hybridized carbons (Fsp3) is 0.400. The van der Waals surface area contributed by atoms with Crippen LogP contribution in [0.2, 0.25) is 0 Å². The second-order valence-electron chi connectivity index (χ2n) is 1.61. The molecule has 0 aliphatic carbocycles. The van der Waals surface area contributed by atoms with Gasteiger partial charge < -0.3 is 4.98 Å². The number of imidazole rings is 1. The van der Waals surface area contributed by atoms with Crippen LogP contribution in [0.4, 0.5) is 0 Å². The van der Waals surface area contributed by atoms with Gasteiger partial charge >= 0.3 is 0 Å². The highest BCUT2D eigenvalue weighted by atomic mass is 16.3. The van der Waals surface area contributed by atoms with Gasteiger partial charge in [0, 0.05) is 0 Å². The fourth-order valence-corrected chi connectivity index (χ4v) is 0.535. The molecule has 3 heteroatoms. The van der Waals surface area contributed by atoms with E-state index in [1.807, 2.05) is 6.92 Å². The highest BCUT2D eigenvalue weighted by Crippen LogP contribution is 1.97. The first-order chi connectivity index (χ1) is 3.84. The molecule has 1 rings (SSSR count). The van der Waals surface area contributed by atoms with Crippen molar-refractivity contribution in [1.29, 1.82) is 0 Å². The van der Waals surface area contributed by atoms with Crippen molar-refractivity contribution in [3.8, 4) is 0 Å². The second kappa shape index (κ2) is 1.96. The van der Waals surface area contributed by atoms with E-state index in [0.717, 1.165) is 5.69 Å². The van der Waals surface area contributed by atoms with Crippen LogP contribution in [0, 0.1) is 6.92 Å². The van der Waals surface area contributed by atoms with Gasteiger partial charge in [0.1, 0.15) is 6.61 Å². The zero-order chi connectivity index (χ0) is 5.98. The van der Waals surface area contributed by atoms with Crippen LogP contribution in [0.3, 0.4) is 0 Å². The molecule has 1 radical (unpaired) electrons. The lowest BCUT2D eigenvalue weighted by Gasteiger charge is -1.84. The van der Waals surface area contributed by atoms with E-state index in [4.69, 9.17) is 0 Å². The van der Waals surface area contributed by atoms with Gasteiger partial charge in [-0.1, -0.05) is 0 Å². The monoisotopic (exact) mass is 111 g/mol. The number of hydrogen-bond donors (Lipinski definition) is 1. The van der Waals surface area contributed by atoms with E-state index >= 15 is 0 Å². The Bertz CT molecular complexity index is 171. The van der Waals surface area contributed by atoms with Crippen molar-refractivity contribution in [3.63, 3.8) is 0 Å². The third-order valence-corrected chi connectivity index (χ3v) is 1.08. The summed E-state index contributed by atoms with van der Waals surface area (Å²) in [4.78, 5) is 6.56. The molecule has 0 saturated heterocycles. The van der Waals surface area contributed by atoms with Crippen LogP contribution < -0.4 is 0 Å². The van der Waals surface area contributed by atoms with Crippen LogP contribution in [0.1, 0.15) is 11.4 Å². The molecule has 1 aromatic heterocycles. The maximum atomic E-state index is 10.1. The third kappa shape index (κ3) is 0.721. The SMILES string of the molecule is Cc1nc[nH]c1C[O]. The smallest absolute Gasteiger partial charge is 0.124 e. The maximum Gasteiger partial charge on any atom is 0.124 e. The highest BCUT2D eigenvalue weighted by Gasteiger charge is 1.95. The lowest BCUT2D eigenvalue weighted by Crippen LogP contribution is -1.83. The first-order valence-corrected chi connectivity index (χ1v) is 2.41. The summed E-state index contributed by atoms with van der Waals surface area (Å²) in [5, 5.41) is 10.1. The number of H-pyrrole nitrogens is 1. The molecule has 0 atom stereocenters. The Morgan fingerprint density at radius 3 is 2.88 bits per heavy atom. The Labute approximate surface area is 47.4 Å². The lowest BCUT2D eigenvalue weighted by atomic mass is 10.4. The average molecular weight is 111 g/mol. The summed E-state index contributed by atoms with van der Waals surface area (Å²) in [6, 6.07) is 0. The van der Waals surface area contributed by atoms with Crippen LogP contribution >= 0.6 is 0 Å². The largest absolute Gasteiger partial charge is 0.346 e. The summed E-state index contributed by atoms with van der Waals surface area (Å²) >= 11 is 0. The Balaban J connectivity index is 2.92. The summed E-state index contributed by atoms with van der Waals surface area (Å²) in [5.41, 5.74) is 1.49. The predicted molar refractivity (Wildman–Crippen MR) is 27.7 cm³/mol. The van der Waals surface area contributed by atoms with Gasteiger partial charge in [0.15, 0.2) is 0 Å². The van der Waals surface area contributed by atoms with E-state index in [-0.39, 0.29) is 6.61 Å². The van der Waals surface area contributed by atoms with Gasteiger partial charge in [-0.15, -0.1) is 0 Å². The van der Waals surface area contributed by atoms with E-state index in [1.54, 1.807) is 0 Å². The predicted octanol–water partition coefficient (Wildman–Crippen LogP) is 0.649. The van der Waals surface area contributed by atoms with Crippen LogP contribution in [0.5, 0.6) is 0 Å². The molecule has 8 heavy (non-hydrogen) atoms. The summed E-state index contributed by atoms with van der Waals surface area (Å²) in [5.74, 6) is 0. The molecule has 0 bridgehead atoms. The Morgan fingerprint density at radius 1 is 1.88 bits per heavy atom. The Hall–Kier alpha value is -0.830. The summed E-state index contributed by atoms with van der Waals surface area (Å²) < 4.78 is 0. The van der Waals surface area contributed by atoms with Crippen molar-refractivity contribution >= 4 is 0 Å². The normalized spacial score (nSPS) is 9.75. The first kappa shape index (κ1) is 5.31. The molecular weight excluding hydrogens is 104 g/mol. The van der Waals surface area contributed by atoms with Gasteiger partial charge in [-0.3, -0.25) is 0 Å². The van der Waals surface area contributed by atoms with Gasteiger partial charge in [-0.2, -0.15) is 0 Å². The van der Waals surface area contributed by atoms with E-state index < -0.39 is 0 Å². The number of nitrogens with one attached hydrogen (secondary N) is 1. The van der Waals surface area contributed by atoms with Crippen LogP contribution in [0.15, 0.2) is 6.33 Å². The lowest BCUT2D eigenvalue weighted by molar-refractivity contribution is 0.173. The van der Waals surface area contributed by atoms with Crippen LogP contribution in [-0.2, 0) is 11.7 Å². The molecule has 43 valence electrons. The highest BCUT2D eigenvalue weighted by molar-refractivity contribution is 5.06. The molecule has 0 spiro atoms. The van der Waals surface area contributed by atoms with Gasteiger partial charge in [0.05, 0.1) is 17.7 Å². The van der Waals surface area contributed by atoms with Crippen molar-refractivity contribution in [2.75, 3.05) is 0 Å². The van der Waals surface area contributed by atoms with Gasteiger partial charge in [0.25, 0.3) is 0 Å². The van der Waals surface area contributed by atoms with E-state index in [2.05, 4.69) is 9.97 Å². The van der Waals surface area contributed by atoms with Crippen molar-refractivity contribution in [2.24, 2.45) is 0 Å². The van der Waals surface area contributed by atoms with Crippen molar-refractivity contribution in [2.45, 2.75) is 13.5 Å². The van der Waals surface area contributed by atoms with Crippen molar-refractivity contribution in [3.05, 3.63) is 17.7 Å². The minimum atomic E-state index is -0.203. The summed E-state index contributed by atoms with van der Waals surface area (Å²) in [6.07, 6.45) is 1.53. The quantitative estimate of drug-likeness (QED) is 0.568. The van der Waals surface area contributed by atoms with Crippen molar-refractivity contribution < 1.29 is 5.11 Å². The summed E-state index contributed by atoms with van der Waals surface area (Å²) in [7, 11) is 0. The Kier molecular flexibility index (Phi) is 1.30. The molecule has 1 heterocycles. The molecule has 1 N–H and O–H groups in total. The zero-order valence-electron chi connectivity index (χ0n) is 4.64. The van der Waals surface area contributed by atoms with Gasteiger partial charge in [0.2, 0.25) is 0 Å². The number of rotatable bonds is 1. The van der Waals surface area contributed by atoms with E-state index in [1.165, 1.54) is 6.33 Å². The molecule has 0 unspecified atom stereocenters. The number of aryl methyl sites for hydroxylation is 1. The Morgan fingerprint density at radius 2 is 2.62 bits per heavy atom. The molecule has 3 nitrogen and oxygen atoms in total. The number of aromatic amines is 1. The molecular formula is C5H7N2O. The summed E-state index contributed by atoms with van der Waals surface area (Å²) in [6.45, 7) is 1.61. The molecule has 0 amide bonds. The maximum absolute atomic E-state index is 10.1. The minimum Gasteiger partial charge on any atom is -0.346 e. The third-order valence-electron chi connectivity index (χ3n) is 1.08. The van der Waals surface area contributed by atoms with E-state index in [9.17, 15) is 5.11 Å². The van der Waals surface area contributed by atoms with Crippen molar-refractivity contribution in [1.82, 2.24) is 9.97 Å². The van der Waals surface area contributed by atoms with Crippen LogP contribution in [0.25, 0.3) is 0 Å². The minimum absolute atomic E-state index is 0.203. The first-order valence-electron chi connectivity index (χ1n) is 2.41. The topological polar surface area (TPSA) is 48.6 Å². The molecule has 0 aromatic carbocycles. The number of nitrogens with zero attached hydrogens (tertiary/aromatic N) is 1. The molecule has 0 fully saturated rings. The molecule has 1 aromatic rings. The van der Waals surface area contributed by atoms with E-state index in [0.29, 0.717) is 5.69 Å². The second-order valence-corrected chi connectivity index (χ2v) is 1.61. The molecule has 0 aliphatic heterocycles. The fourth-order valence-electron chi connectivity index (χ4n) is 0.535.